The Morgan fingerprint density at radius 2 is 2.23 bits per heavy atom. The first-order valence-corrected chi connectivity index (χ1v) is 5.64. The fraction of sp³-hybridized carbons (Fsp3) is 0.636. The van der Waals surface area contributed by atoms with Crippen molar-refractivity contribution < 1.29 is 4.74 Å². The molecule has 0 amide bonds. The Bertz CT molecular complexity index is 242. The van der Waals surface area contributed by atoms with E-state index in [0.717, 1.165) is 13.0 Å². The minimum absolute atomic E-state index is 0.693. The molecule has 0 aromatic carbocycles. The van der Waals surface area contributed by atoms with Crippen LogP contribution in [0.25, 0.3) is 0 Å². The molecule has 1 nitrogen and oxygen atoms in total. The van der Waals surface area contributed by atoms with Crippen molar-refractivity contribution in [3.63, 3.8) is 0 Å². The lowest BCUT2D eigenvalue weighted by molar-refractivity contribution is 0.187. The lowest BCUT2D eigenvalue weighted by atomic mass is 10.0. The van der Waals surface area contributed by atoms with Gasteiger partial charge >= 0.3 is 0 Å². The second-order valence-corrected chi connectivity index (χ2v) is 4.65. The number of ether oxygens (including phenoxy) is 1. The molecule has 0 spiro atoms. The van der Waals surface area contributed by atoms with Gasteiger partial charge in [0.2, 0.25) is 0 Å². The number of hydrogen-bond donors (Lipinski definition) is 0. The quantitative estimate of drug-likeness (QED) is 0.702. The van der Waals surface area contributed by atoms with Crippen molar-refractivity contribution in [1.29, 1.82) is 0 Å². The first kappa shape index (κ1) is 10.7. The second kappa shape index (κ2) is 5.40. The molecule has 0 N–H and O–H groups in total. The summed E-state index contributed by atoms with van der Waals surface area (Å²) >= 11 is 1.92. The van der Waals surface area contributed by atoms with Crippen molar-refractivity contribution in [3.05, 3.63) is 21.9 Å². The van der Waals surface area contributed by atoms with Gasteiger partial charge in [-0.15, -0.1) is 11.3 Å². The van der Waals surface area contributed by atoms with Crippen LogP contribution in [-0.4, -0.2) is 13.7 Å². The summed E-state index contributed by atoms with van der Waals surface area (Å²) in [5.74, 6) is 0.693. The lowest BCUT2D eigenvalue weighted by Gasteiger charge is -2.11. The van der Waals surface area contributed by atoms with Crippen LogP contribution in [0.3, 0.4) is 0 Å². The van der Waals surface area contributed by atoms with E-state index >= 15 is 0 Å². The Hall–Kier alpha value is -0.340. The van der Waals surface area contributed by atoms with Gasteiger partial charge < -0.3 is 4.74 Å². The van der Waals surface area contributed by atoms with E-state index in [1.54, 1.807) is 7.11 Å². The lowest BCUT2D eigenvalue weighted by Crippen LogP contribution is -1.99. The minimum atomic E-state index is 0.693. The highest BCUT2D eigenvalue weighted by atomic mass is 32.1. The van der Waals surface area contributed by atoms with Crippen molar-refractivity contribution in [2.45, 2.75) is 32.6 Å². The van der Waals surface area contributed by atoms with Gasteiger partial charge in [0.15, 0.2) is 0 Å². The van der Waals surface area contributed by atoms with E-state index in [2.05, 4.69) is 26.0 Å². The summed E-state index contributed by atoms with van der Waals surface area (Å²) in [7, 11) is 1.77. The van der Waals surface area contributed by atoms with Crippen molar-refractivity contribution >= 4 is 11.3 Å². The first-order chi connectivity index (χ1) is 6.27. The van der Waals surface area contributed by atoms with Gasteiger partial charge in [-0.3, -0.25) is 0 Å². The van der Waals surface area contributed by atoms with Gasteiger partial charge in [-0.1, -0.05) is 6.92 Å². The summed E-state index contributed by atoms with van der Waals surface area (Å²) in [6.07, 6.45) is 2.36. The van der Waals surface area contributed by atoms with Crippen LogP contribution >= 0.6 is 11.3 Å². The number of aryl methyl sites for hydroxylation is 1. The van der Waals surface area contributed by atoms with E-state index in [1.807, 2.05) is 11.3 Å². The number of methoxy groups -OCH3 is 1. The zero-order valence-electron chi connectivity index (χ0n) is 8.67. The average Bonchev–Trinajstić information content (AvgIpc) is 2.54. The molecule has 0 aliphatic heterocycles. The van der Waals surface area contributed by atoms with Crippen molar-refractivity contribution in [1.82, 2.24) is 0 Å². The molecule has 13 heavy (non-hydrogen) atoms. The predicted molar refractivity (Wildman–Crippen MR) is 58.6 cm³/mol. The molecule has 1 unspecified atom stereocenters. The highest BCUT2D eigenvalue weighted by Gasteiger charge is 2.10. The molecule has 1 aromatic rings. The highest BCUT2D eigenvalue weighted by Crippen LogP contribution is 2.29. The highest BCUT2D eigenvalue weighted by molar-refractivity contribution is 7.12. The van der Waals surface area contributed by atoms with Crippen LogP contribution in [-0.2, 0) is 4.74 Å². The van der Waals surface area contributed by atoms with E-state index in [-0.39, 0.29) is 0 Å². The maximum atomic E-state index is 5.11. The molecule has 74 valence electrons. The molecular weight excluding hydrogens is 180 g/mol. The van der Waals surface area contributed by atoms with Gasteiger partial charge in [0.25, 0.3) is 0 Å². The van der Waals surface area contributed by atoms with Gasteiger partial charge in [0.1, 0.15) is 0 Å². The van der Waals surface area contributed by atoms with Gasteiger partial charge in [-0.25, -0.2) is 0 Å². The summed E-state index contributed by atoms with van der Waals surface area (Å²) in [5.41, 5.74) is 0. The maximum Gasteiger partial charge on any atom is 0.0468 e. The summed E-state index contributed by atoms with van der Waals surface area (Å²) in [6.45, 7) is 5.28. The molecule has 0 aliphatic rings. The van der Waals surface area contributed by atoms with Crippen molar-refractivity contribution in [3.8, 4) is 0 Å². The fourth-order valence-electron chi connectivity index (χ4n) is 1.48. The Kier molecular flexibility index (Phi) is 4.46. The maximum absolute atomic E-state index is 5.11. The van der Waals surface area contributed by atoms with E-state index in [9.17, 15) is 0 Å². The van der Waals surface area contributed by atoms with Gasteiger partial charge in [-0.2, -0.15) is 0 Å². The normalized spacial score (nSPS) is 13.2. The standard InChI is InChI=1S/C11H18OS/c1-4-10(7-8-12-3)11-6-5-9(2)13-11/h5-6,10H,4,7-8H2,1-3H3. The van der Waals surface area contributed by atoms with E-state index < -0.39 is 0 Å². The second-order valence-electron chi connectivity index (χ2n) is 3.34. The topological polar surface area (TPSA) is 9.23 Å². The molecule has 2 heteroatoms. The van der Waals surface area contributed by atoms with Crippen LogP contribution in [0.2, 0.25) is 0 Å². The van der Waals surface area contributed by atoms with E-state index in [0.29, 0.717) is 5.92 Å². The molecular formula is C11H18OS. The number of hydrogen-bond acceptors (Lipinski definition) is 2. The van der Waals surface area contributed by atoms with Crippen LogP contribution in [0.4, 0.5) is 0 Å². The third-order valence-corrected chi connectivity index (χ3v) is 3.49. The van der Waals surface area contributed by atoms with E-state index in [4.69, 9.17) is 4.74 Å². The fourth-order valence-corrected chi connectivity index (χ4v) is 2.58. The Labute approximate surface area is 84.7 Å². The summed E-state index contributed by atoms with van der Waals surface area (Å²) in [4.78, 5) is 2.92. The molecule has 0 aliphatic carbocycles. The predicted octanol–water partition coefficient (Wildman–Crippen LogP) is 3.59. The van der Waals surface area contributed by atoms with Crippen molar-refractivity contribution in [2.24, 2.45) is 0 Å². The molecule has 0 saturated heterocycles. The monoisotopic (exact) mass is 198 g/mol. The molecule has 1 atom stereocenters. The molecule has 0 bridgehead atoms. The van der Waals surface area contributed by atoms with Crippen LogP contribution in [0.1, 0.15) is 35.4 Å². The van der Waals surface area contributed by atoms with Crippen LogP contribution in [0.5, 0.6) is 0 Å². The van der Waals surface area contributed by atoms with Crippen LogP contribution in [0.15, 0.2) is 12.1 Å². The summed E-state index contributed by atoms with van der Waals surface area (Å²) in [6, 6.07) is 4.46. The molecule has 1 rings (SSSR count). The van der Waals surface area contributed by atoms with Gasteiger partial charge in [0.05, 0.1) is 0 Å². The summed E-state index contributed by atoms with van der Waals surface area (Å²) < 4.78 is 5.11. The molecule has 0 saturated carbocycles. The molecule has 0 radical (unpaired) electrons. The Morgan fingerprint density at radius 3 is 2.69 bits per heavy atom. The smallest absolute Gasteiger partial charge is 0.0468 e. The first-order valence-electron chi connectivity index (χ1n) is 4.83. The van der Waals surface area contributed by atoms with Gasteiger partial charge in [-0.05, 0) is 37.8 Å². The Balaban J connectivity index is 2.56. The van der Waals surface area contributed by atoms with E-state index in [1.165, 1.54) is 16.2 Å². The molecule has 1 aromatic heterocycles. The van der Waals surface area contributed by atoms with Crippen molar-refractivity contribution in [2.75, 3.05) is 13.7 Å². The average molecular weight is 198 g/mol. The SMILES string of the molecule is CCC(CCOC)c1ccc(C)s1. The molecule has 0 fully saturated rings. The number of thiophene rings is 1. The third-order valence-electron chi connectivity index (χ3n) is 2.33. The Morgan fingerprint density at radius 1 is 1.46 bits per heavy atom. The summed E-state index contributed by atoms with van der Waals surface area (Å²) in [5, 5.41) is 0. The minimum Gasteiger partial charge on any atom is -0.385 e. The van der Waals surface area contributed by atoms with Gasteiger partial charge in [0, 0.05) is 23.5 Å². The van der Waals surface area contributed by atoms with Crippen LogP contribution in [0, 0.1) is 6.92 Å². The third kappa shape index (κ3) is 3.12. The van der Waals surface area contributed by atoms with Crippen LogP contribution < -0.4 is 0 Å². The largest absolute Gasteiger partial charge is 0.385 e. The zero-order chi connectivity index (χ0) is 9.68. The molecule has 1 heterocycles. The number of rotatable bonds is 5. The zero-order valence-corrected chi connectivity index (χ0v) is 9.49.